The standard InChI is InChI=1S/C11H20N2O4/c1-5-6-13(8(2)3)11(16)12-7-9(17-4)10(14)15/h5,8-9H,1,6-7H2,2-4H3,(H,12,16)(H,14,15). The van der Waals surface area contributed by atoms with Crippen LogP contribution in [0, 0.1) is 0 Å². The number of urea groups is 1. The summed E-state index contributed by atoms with van der Waals surface area (Å²) in [5.41, 5.74) is 0. The van der Waals surface area contributed by atoms with Gasteiger partial charge in [0.1, 0.15) is 0 Å². The van der Waals surface area contributed by atoms with Gasteiger partial charge in [-0.15, -0.1) is 6.58 Å². The molecule has 0 bridgehead atoms. The second kappa shape index (κ2) is 7.67. The largest absolute Gasteiger partial charge is 0.479 e. The van der Waals surface area contributed by atoms with Gasteiger partial charge in [-0.1, -0.05) is 6.08 Å². The van der Waals surface area contributed by atoms with Crippen LogP contribution in [0.2, 0.25) is 0 Å². The van der Waals surface area contributed by atoms with Crippen LogP contribution in [-0.2, 0) is 9.53 Å². The van der Waals surface area contributed by atoms with Gasteiger partial charge < -0.3 is 20.1 Å². The van der Waals surface area contributed by atoms with Gasteiger partial charge in [0.25, 0.3) is 0 Å². The fourth-order valence-electron chi connectivity index (χ4n) is 1.22. The van der Waals surface area contributed by atoms with E-state index in [-0.39, 0.29) is 18.6 Å². The van der Waals surface area contributed by atoms with Gasteiger partial charge in [0.2, 0.25) is 0 Å². The number of ether oxygens (including phenoxy) is 1. The summed E-state index contributed by atoms with van der Waals surface area (Å²) in [7, 11) is 1.29. The second-order valence-corrected chi connectivity index (χ2v) is 3.78. The molecular weight excluding hydrogens is 224 g/mol. The molecule has 0 spiro atoms. The van der Waals surface area contributed by atoms with Crippen LogP contribution in [0.5, 0.6) is 0 Å². The molecule has 2 amide bonds. The third-order valence-corrected chi connectivity index (χ3v) is 2.21. The second-order valence-electron chi connectivity index (χ2n) is 3.78. The van der Waals surface area contributed by atoms with E-state index < -0.39 is 12.1 Å². The third-order valence-electron chi connectivity index (χ3n) is 2.21. The lowest BCUT2D eigenvalue weighted by atomic mass is 10.3. The predicted molar refractivity (Wildman–Crippen MR) is 63.9 cm³/mol. The SMILES string of the molecule is C=CCN(C(=O)NCC(OC)C(=O)O)C(C)C. The smallest absolute Gasteiger partial charge is 0.334 e. The van der Waals surface area contributed by atoms with Crippen LogP contribution in [-0.4, -0.2) is 54.4 Å². The van der Waals surface area contributed by atoms with Gasteiger partial charge in [0.15, 0.2) is 6.10 Å². The molecule has 0 saturated carbocycles. The Morgan fingerprint density at radius 2 is 2.12 bits per heavy atom. The first kappa shape index (κ1) is 15.4. The topological polar surface area (TPSA) is 78.9 Å². The zero-order chi connectivity index (χ0) is 13.4. The number of carboxylic acids is 1. The van der Waals surface area contributed by atoms with E-state index in [4.69, 9.17) is 9.84 Å². The fraction of sp³-hybridized carbons (Fsp3) is 0.636. The number of hydrogen-bond acceptors (Lipinski definition) is 3. The van der Waals surface area contributed by atoms with E-state index in [9.17, 15) is 9.59 Å². The molecule has 0 aromatic rings. The minimum atomic E-state index is -1.10. The van der Waals surface area contributed by atoms with Gasteiger partial charge in [0, 0.05) is 19.7 Å². The third kappa shape index (κ3) is 5.35. The molecule has 0 rings (SSSR count). The van der Waals surface area contributed by atoms with E-state index in [2.05, 4.69) is 11.9 Å². The Labute approximate surface area is 101 Å². The number of carbonyl (C=O) groups is 2. The van der Waals surface area contributed by atoms with Crippen molar-refractivity contribution in [3.63, 3.8) is 0 Å². The maximum absolute atomic E-state index is 11.7. The van der Waals surface area contributed by atoms with Gasteiger partial charge >= 0.3 is 12.0 Å². The van der Waals surface area contributed by atoms with Crippen LogP contribution in [0.15, 0.2) is 12.7 Å². The lowest BCUT2D eigenvalue weighted by Gasteiger charge is -2.26. The average molecular weight is 244 g/mol. The zero-order valence-electron chi connectivity index (χ0n) is 10.5. The highest BCUT2D eigenvalue weighted by Gasteiger charge is 2.20. The molecule has 98 valence electrons. The van der Waals surface area contributed by atoms with Crippen LogP contribution >= 0.6 is 0 Å². The maximum atomic E-state index is 11.7. The van der Waals surface area contributed by atoms with Crippen molar-refractivity contribution in [2.75, 3.05) is 20.2 Å². The molecule has 0 saturated heterocycles. The van der Waals surface area contributed by atoms with Crippen LogP contribution in [0.25, 0.3) is 0 Å². The van der Waals surface area contributed by atoms with Gasteiger partial charge in [-0.05, 0) is 13.8 Å². The Kier molecular flexibility index (Phi) is 6.97. The van der Waals surface area contributed by atoms with E-state index in [0.29, 0.717) is 6.54 Å². The first-order valence-electron chi connectivity index (χ1n) is 5.35. The highest BCUT2D eigenvalue weighted by atomic mass is 16.5. The molecule has 0 aliphatic rings. The average Bonchev–Trinajstić information content (AvgIpc) is 2.25. The molecule has 0 aliphatic carbocycles. The molecule has 0 aromatic heterocycles. The van der Waals surface area contributed by atoms with Crippen molar-refractivity contribution >= 4 is 12.0 Å². The van der Waals surface area contributed by atoms with Crippen molar-refractivity contribution in [1.29, 1.82) is 0 Å². The number of amides is 2. The summed E-state index contributed by atoms with van der Waals surface area (Å²) >= 11 is 0. The van der Waals surface area contributed by atoms with Crippen LogP contribution in [0.1, 0.15) is 13.8 Å². The molecule has 2 N–H and O–H groups in total. The highest BCUT2D eigenvalue weighted by molar-refractivity contribution is 5.77. The summed E-state index contributed by atoms with van der Waals surface area (Å²) in [6.45, 7) is 7.65. The van der Waals surface area contributed by atoms with Crippen molar-refractivity contribution in [3.8, 4) is 0 Å². The van der Waals surface area contributed by atoms with Gasteiger partial charge in [-0.2, -0.15) is 0 Å². The van der Waals surface area contributed by atoms with Crippen LogP contribution < -0.4 is 5.32 Å². The van der Waals surface area contributed by atoms with E-state index >= 15 is 0 Å². The van der Waals surface area contributed by atoms with Gasteiger partial charge in [-0.25, -0.2) is 9.59 Å². The lowest BCUT2D eigenvalue weighted by Crippen LogP contribution is -2.47. The van der Waals surface area contributed by atoms with Crippen molar-refractivity contribution in [3.05, 3.63) is 12.7 Å². The summed E-state index contributed by atoms with van der Waals surface area (Å²) in [5.74, 6) is -1.10. The molecule has 6 heteroatoms. The first-order chi connectivity index (χ1) is 7.93. The minimum Gasteiger partial charge on any atom is -0.479 e. The number of nitrogens with one attached hydrogen (secondary N) is 1. The first-order valence-corrected chi connectivity index (χ1v) is 5.35. The van der Waals surface area contributed by atoms with Crippen molar-refractivity contribution < 1.29 is 19.4 Å². The molecule has 17 heavy (non-hydrogen) atoms. The summed E-state index contributed by atoms with van der Waals surface area (Å²) in [5, 5.41) is 11.2. The van der Waals surface area contributed by atoms with Gasteiger partial charge in [0.05, 0.1) is 6.54 Å². The number of rotatable bonds is 7. The molecule has 0 radical (unpaired) electrons. The lowest BCUT2D eigenvalue weighted by molar-refractivity contribution is -0.148. The molecule has 6 nitrogen and oxygen atoms in total. The summed E-state index contributed by atoms with van der Waals surface area (Å²) in [4.78, 5) is 23.9. The van der Waals surface area contributed by atoms with Crippen molar-refractivity contribution in [1.82, 2.24) is 10.2 Å². The quantitative estimate of drug-likeness (QED) is 0.646. The van der Waals surface area contributed by atoms with Crippen molar-refractivity contribution in [2.45, 2.75) is 26.0 Å². The molecule has 0 fully saturated rings. The Morgan fingerprint density at radius 3 is 2.47 bits per heavy atom. The molecular formula is C11H20N2O4. The van der Waals surface area contributed by atoms with E-state index in [1.54, 1.807) is 11.0 Å². The number of carboxylic acid groups (broad SMARTS) is 1. The predicted octanol–water partition coefficient (Wildman–Crippen LogP) is 0.692. The normalized spacial score (nSPS) is 12.0. The Bertz CT molecular complexity index is 279. The van der Waals surface area contributed by atoms with E-state index in [0.717, 1.165) is 0 Å². The molecule has 1 unspecified atom stereocenters. The summed E-state index contributed by atoms with van der Waals surface area (Å²) in [6.07, 6.45) is 0.585. The number of methoxy groups -OCH3 is 1. The molecule has 1 atom stereocenters. The van der Waals surface area contributed by atoms with E-state index in [1.165, 1.54) is 7.11 Å². The summed E-state index contributed by atoms with van der Waals surface area (Å²) < 4.78 is 4.71. The fourth-order valence-corrected chi connectivity index (χ4v) is 1.22. The number of hydrogen-bond donors (Lipinski definition) is 2. The number of carbonyl (C=O) groups excluding carboxylic acids is 1. The molecule has 0 aliphatic heterocycles. The highest BCUT2D eigenvalue weighted by Crippen LogP contribution is 1.99. The van der Waals surface area contributed by atoms with E-state index in [1.807, 2.05) is 13.8 Å². The Hall–Kier alpha value is -1.56. The monoisotopic (exact) mass is 244 g/mol. The molecule has 0 aromatic carbocycles. The zero-order valence-corrected chi connectivity index (χ0v) is 10.5. The Balaban J connectivity index is 4.31. The number of nitrogens with zero attached hydrogens (tertiary/aromatic N) is 1. The van der Waals surface area contributed by atoms with Crippen molar-refractivity contribution in [2.24, 2.45) is 0 Å². The van der Waals surface area contributed by atoms with Crippen LogP contribution in [0.3, 0.4) is 0 Å². The maximum Gasteiger partial charge on any atom is 0.334 e. The van der Waals surface area contributed by atoms with Crippen LogP contribution in [0.4, 0.5) is 4.79 Å². The Morgan fingerprint density at radius 1 is 1.53 bits per heavy atom. The molecule has 0 heterocycles. The summed E-state index contributed by atoms with van der Waals surface area (Å²) in [6, 6.07) is -0.318. The van der Waals surface area contributed by atoms with Gasteiger partial charge in [-0.3, -0.25) is 0 Å². The minimum absolute atomic E-state index is 0.0128. The number of aliphatic carboxylic acids is 1.